The highest BCUT2D eigenvalue weighted by Gasteiger charge is 2.37. The van der Waals surface area contributed by atoms with Crippen LogP contribution < -0.4 is 10.1 Å². The molecule has 6 heteroatoms. The average Bonchev–Trinajstić information content (AvgIpc) is 2.48. The molecule has 0 heterocycles. The van der Waals surface area contributed by atoms with E-state index < -0.39 is 8.32 Å². The summed E-state index contributed by atoms with van der Waals surface area (Å²) in [6.45, 7) is 14.2. The molecule has 0 aromatic heterocycles. The summed E-state index contributed by atoms with van der Waals surface area (Å²) in [5.41, 5.74) is 0. The van der Waals surface area contributed by atoms with Crippen LogP contribution in [0.5, 0.6) is 5.75 Å². The van der Waals surface area contributed by atoms with Crippen LogP contribution in [0.3, 0.4) is 0 Å². The van der Waals surface area contributed by atoms with Crippen molar-refractivity contribution < 1.29 is 14.3 Å². The van der Waals surface area contributed by atoms with Crippen molar-refractivity contribution in [1.29, 1.82) is 0 Å². The van der Waals surface area contributed by atoms with E-state index in [4.69, 9.17) is 20.8 Å². The Labute approximate surface area is 152 Å². The molecule has 0 saturated heterocycles. The lowest BCUT2D eigenvalue weighted by Crippen LogP contribution is -2.48. The van der Waals surface area contributed by atoms with Gasteiger partial charge in [-0.2, -0.15) is 0 Å². The quantitative estimate of drug-likeness (QED) is 0.640. The van der Waals surface area contributed by atoms with Gasteiger partial charge in [0.15, 0.2) is 8.32 Å². The Kier molecular flexibility index (Phi) is 8.22. The van der Waals surface area contributed by atoms with Gasteiger partial charge in [-0.3, -0.25) is 0 Å². The van der Waals surface area contributed by atoms with E-state index in [2.05, 4.69) is 46.1 Å². The zero-order valence-electron chi connectivity index (χ0n) is 15.7. The molecule has 2 N–H and O–H groups in total. The van der Waals surface area contributed by atoms with Gasteiger partial charge in [0.05, 0.1) is 12.6 Å². The summed E-state index contributed by atoms with van der Waals surface area (Å²) in [4.78, 5) is 0. The lowest BCUT2D eigenvalue weighted by molar-refractivity contribution is 0.159. The maximum Gasteiger partial charge on any atom is 0.192 e. The Balaban J connectivity index is 2.44. The number of aliphatic hydroxyl groups excluding tert-OH is 1. The van der Waals surface area contributed by atoms with Crippen LogP contribution >= 0.6 is 11.6 Å². The van der Waals surface area contributed by atoms with Gasteiger partial charge in [-0.15, -0.1) is 0 Å². The van der Waals surface area contributed by atoms with Crippen LogP contribution in [0.2, 0.25) is 23.2 Å². The fourth-order valence-electron chi connectivity index (χ4n) is 1.91. The van der Waals surface area contributed by atoms with Gasteiger partial charge in [-0.1, -0.05) is 38.4 Å². The van der Waals surface area contributed by atoms with Crippen molar-refractivity contribution in [1.82, 2.24) is 5.32 Å². The third-order valence-corrected chi connectivity index (χ3v) is 9.22. The van der Waals surface area contributed by atoms with Crippen molar-refractivity contribution in [2.24, 2.45) is 0 Å². The largest absolute Gasteiger partial charge is 0.492 e. The molecule has 0 aliphatic heterocycles. The first-order chi connectivity index (χ1) is 11.0. The van der Waals surface area contributed by atoms with Gasteiger partial charge < -0.3 is 19.6 Å². The minimum atomic E-state index is -1.75. The van der Waals surface area contributed by atoms with Crippen LogP contribution in [0.4, 0.5) is 0 Å². The van der Waals surface area contributed by atoms with Crippen LogP contribution in [-0.4, -0.2) is 45.3 Å². The number of halogens is 1. The minimum absolute atomic E-state index is 0.00496. The maximum atomic E-state index is 9.56. The molecule has 0 bridgehead atoms. The van der Waals surface area contributed by atoms with Crippen molar-refractivity contribution in [2.75, 3.05) is 19.8 Å². The second kappa shape index (κ2) is 9.20. The molecule has 4 nitrogen and oxygen atoms in total. The van der Waals surface area contributed by atoms with Crippen LogP contribution in [0.25, 0.3) is 0 Å². The maximum absolute atomic E-state index is 9.56. The summed E-state index contributed by atoms with van der Waals surface area (Å²) in [7, 11) is -1.75. The monoisotopic (exact) mass is 373 g/mol. The van der Waals surface area contributed by atoms with Gasteiger partial charge in [-0.05, 0) is 43.3 Å². The summed E-state index contributed by atoms with van der Waals surface area (Å²) < 4.78 is 11.9. The molecule has 1 aromatic carbocycles. The predicted octanol–water partition coefficient (Wildman–Crippen LogP) is 4.08. The highest BCUT2D eigenvalue weighted by atomic mass is 35.5. The lowest BCUT2D eigenvalue weighted by atomic mass is 10.2. The van der Waals surface area contributed by atoms with Crippen LogP contribution in [-0.2, 0) is 4.43 Å². The van der Waals surface area contributed by atoms with Crippen molar-refractivity contribution in [2.45, 2.75) is 57.9 Å². The van der Waals surface area contributed by atoms with Crippen LogP contribution in [0.1, 0.15) is 27.7 Å². The topological polar surface area (TPSA) is 50.7 Å². The number of ether oxygens (including phenoxy) is 1. The molecule has 138 valence electrons. The van der Waals surface area contributed by atoms with Crippen molar-refractivity contribution in [3.05, 3.63) is 29.3 Å². The molecule has 0 spiro atoms. The SMILES string of the molecule is C[C@H](CO[Si](C)(C)C(C)(C)C)N[C@H](CO)COc1cccc(Cl)c1. The Morgan fingerprint density at radius 1 is 1.25 bits per heavy atom. The molecule has 0 radical (unpaired) electrons. The van der Waals surface area contributed by atoms with E-state index in [1.54, 1.807) is 12.1 Å². The third-order valence-electron chi connectivity index (χ3n) is 4.49. The van der Waals surface area contributed by atoms with E-state index in [9.17, 15) is 5.11 Å². The van der Waals surface area contributed by atoms with Gasteiger partial charge in [0.1, 0.15) is 12.4 Å². The molecule has 24 heavy (non-hydrogen) atoms. The summed E-state index contributed by atoms with van der Waals surface area (Å²) >= 11 is 5.94. The molecule has 2 atom stereocenters. The number of aliphatic hydroxyl groups is 1. The van der Waals surface area contributed by atoms with Crippen molar-refractivity contribution in [3.63, 3.8) is 0 Å². The first kappa shape index (κ1) is 21.4. The van der Waals surface area contributed by atoms with Crippen molar-refractivity contribution >= 4 is 19.9 Å². The molecule has 0 aliphatic rings. The van der Waals surface area contributed by atoms with Gasteiger partial charge in [0.25, 0.3) is 0 Å². The second-order valence-electron chi connectivity index (χ2n) is 7.79. The van der Waals surface area contributed by atoms with E-state index in [0.717, 1.165) is 0 Å². The van der Waals surface area contributed by atoms with Crippen LogP contribution in [0, 0.1) is 0 Å². The van der Waals surface area contributed by atoms with E-state index in [-0.39, 0.29) is 23.7 Å². The first-order valence-corrected chi connectivity index (χ1v) is 11.7. The zero-order chi connectivity index (χ0) is 18.4. The Bertz CT molecular complexity index is 505. The molecular formula is C18H32ClNO3Si. The average molecular weight is 374 g/mol. The third kappa shape index (κ3) is 7.11. The molecule has 0 unspecified atom stereocenters. The number of benzene rings is 1. The summed E-state index contributed by atoms with van der Waals surface area (Å²) in [6.07, 6.45) is 0. The minimum Gasteiger partial charge on any atom is -0.492 e. The molecule has 1 rings (SSSR count). The van der Waals surface area contributed by atoms with Gasteiger partial charge in [0, 0.05) is 17.7 Å². The standard InChI is InChI=1S/C18H32ClNO3Si/c1-14(12-23-24(5,6)18(2,3)4)20-16(11-21)13-22-17-9-7-8-15(19)10-17/h7-10,14,16,20-21H,11-13H2,1-6H3/t14-,16-/m1/s1. The van der Waals surface area contributed by atoms with Crippen LogP contribution in [0.15, 0.2) is 24.3 Å². The molecule has 0 amide bonds. The van der Waals surface area contributed by atoms with Gasteiger partial charge >= 0.3 is 0 Å². The lowest BCUT2D eigenvalue weighted by Gasteiger charge is -2.37. The van der Waals surface area contributed by atoms with E-state index in [0.29, 0.717) is 24.0 Å². The Morgan fingerprint density at radius 3 is 2.46 bits per heavy atom. The summed E-state index contributed by atoms with van der Waals surface area (Å²) in [5, 5.41) is 13.8. The fourth-order valence-corrected chi connectivity index (χ4v) is 3.19. The normalized spacial score (nSPS) is 15.2. The summed E-state index contributed by atoms with van der Waals surface area (Å²) in [5.74, 6) is 0.702. The molecular weight excluding hydrogens is 342 g/mol. The van der Waals surface area contributed by atoms with Gasteiger partial charge in [-0.25, -0.2) is 0 Å². The van der Waals surface area contributed by atoms with Crippen molar-refractivity contribution in [3.8, 4) is 5.75 Å². The smallest absolute Gasteiger partial charge is 0.192 e. The Hall–Kier alpha value is -0.593. The van der Waals surface area contributed by atoms with Gasteiger partial charge in [0.2, 0.25) is 0 Å². The number of hydrogen-bond acceptors (Lipinski definition) is 4. The van der Waals surface area contributed by atoms with E-state index in [1.165, 1.54) is 0 Å². The van der Waals surface area contributed by atoms with E-state index >= 15 is 0 Å². The molecule has 1 aromatic rings. The summed E-state index contributed by atoms with van der Waals surface area (Å²) in [6, 6.07) is 7.25. The number of nitrogens with one attached hydrogen (secondary N) is 1. The molecule has 0 saturated carbocycles. The highest BCUT2D eigenvalue weighted by molar-refractivity contribution is 6.74. The molecule has 0 fully saturated rings. The zero-order valence-corrected chi connectivity index (χ0v) is 17.5. The molecule has 0 aliphatic carbocycles. The Morgan fingerprint density at radius 2 is 1.92 bits per heavy atom. The van der Waals surface area contributed by atoms with E-state index in [1.807, 2.05) is 12.1 Å². The predicted molar refractivity (Wildman–Crippen MR) is 104 cm³/mol. The number of rotatable bonds is 9. The first-order valence-electron chi connectivity index (χ1n) is 8.44. The second-order valence-corrected chi connectivity index (χ2v) is 13.0. The fraction of sp³-hybridized carbons (Fsp3) is 0.667. The number of hydrogen-bond donors (Lipinski definition) is 2. The highest BCUT2D eigenvalue weighted by Crippen LogP contribution is 2.36.